The summed E-state index contributed by atoms with van der Waals surface area (Å²) < 4.78 is 26.9. The van der Waals surface area contributed by atoms with E-state index in [9.17, 15) is 22.8 Å². The Kier molecular flexibility index (Phi) is 5.06. The number of amides is 2. The van der Waals surface area contributed by atoms with Crippen molar-refractivity contribution in [3.05, 3.63) is 53.6 Å². The van der Waals surface area contributed by atoms with Gasteiger partial charge < -0.3 is 10.6 Å². The minimum atomic E-state index is -3.90. The minimum absolute atomic E-state index is 0.0173. The number of carbonyl (C=O) groups excluding carboxylic acids is 3. The van der Waals surface area contributed by atoms with Crippen LogP contribution in [0.2, 0.25) is 0 Å². The number of anilines is 2. The standard InChI is InChI=1S/C18H17N3O5S/c1-11(22)12-2-4-14(5-3-12)20-18(24)10-19-27(25,26)15-6-7-16-13(8-15)9-17(23)21-16/h2-8,19H,9-10H2,1H3,(H,20,24)(H,21,23). The van der Waals surface area contributed by atoms with Gasteiger partial charge in [-0.25, -0.2) is 13.1 Å². The normalized spacial score (nSPS) is 13.0. The molecule has 0 atom stereocenters. The second-order valence-corrected chi connectivity index (χ2v) is 7.82. The zero-order chi connectivity index (χ0) is 19.6. The zero-order valence-corrected chi connectivity index (χ0v) is 15.2. The summed E-state index contributed by atoms with van der Waals surface area (Å²) >= 11 is 0. The number of sulfonamides is 1. The highest BCUT2D eigenvalue weighted by Gasteiger charge is 2.22. The Bertz CT molecular complexity index is 1030. The topological polar surface area (TPSA) is 121 Å². The average Bonchev–Trinajstić information content (AvgIpc) is 2.99. The molecule has 0 bridgehead atoms. The number of ketones is 1. The van der Waals surface area contributed by atoms with E-state index >= 15 is 0 Å². The molecule has 0 saturated heterocycles. The van der Waals surface area contributed by atoms with Crippen molar-refractivity contribution in [2.24, 2.45) is 0 Å². The van der Waals surface area contributed by atoms with Gasteiger partial charge >= 0.3 is 0 Å². The van der Waals surface area contributed by atoms with E-state index in [0.29, 0.717) is 22.5 Å². The highest BCUT2D eigenvalue weighted by Crippen LogP contribution is 2.25. The van der Waals surface area contributed by atoms with Gasteiger partial charge in [0.1, 0.15) is 0 Å². The van der Waals surface area contributed by atoms with Crippen molar-refractivity contribution in [3.63, 3.8) is 0 Å². The van der Waals surface area contributed by atoms with Crippen LogP contribution in [0.25, 0.3) is 0 Å². The van der Waals surface area contributed by atoms with Crippen molar-refractivity contribution in [1.29, 1.82) is 0 Å². The van der Waals surface area contributed by atoms with Gasteiger partial charge in [0.05, 0.1) is 17.9 Å². The molecule has 3 rings (SSSR count). The maximum Gasteiger partial charge on any atom is 0.241 e. The number of hydrogen-bond donors (Lipinski definition) is 3. The number of benzene rings is 2. The van der Waals surface area contributed by atoms with Crippen molar-refractivity contribution in [1.82, 2.24) is 4.72 Å². The first kappa shape index (κ1) is 18.7. The third-order valence-electron chi connectivity index (χ3n) is 4.01. The molecule has 0 unspecified atom stereocenters. The van der Waals surface area contributed by atoms with Gasteiger partial charge in [-0.05, 0) is 55.0 Å². The summed E-state index contributed by atoms with van der Waals surface area (Å²) in [4.78, 5) is 34.6. The van der Waals surface area contributed by atoms with Crippen LogP contribution in [0.15, 0.2) is 47.4 Å². The van der Waals surface area contributed by atoms with Crippen molar-refractivity contribution in [2.45, 2.75) is 18.2 Å². The summed E-state index contributed by atoms with van der Waals surface area (Å²) in [5.74, 6) is -0.832. The van der Waals surface area contributed by atoms with Crippen LogP contribution < -0.4 is 15.4 Å². The van der Waals surface area contributed by atoms with Gasteiger partial charge in [0, 0.05) is 16.9 Å². The lowest BCUT2D eigenvalue weighted by molar-refractivity contribution is -0.115. The third-order valence-corrected chi connectivity index (χ3v) is 5.41. The Hall–Kier alpha value is -3.04. The SMILES string of the molecule is CC(=O)c1ccc(NC(=O)CNS(=O)(=O)c2ccc3c(c2)CC(=O)N3)cc1. The second-order valence-electron chi connectivity index (χ2n) is 6.05. The molecule has 140 valence electrons. The number of carbonyl (C=O) groups is 3. The summed E-state index contributed by atoms with van der Waals surface area (Å²) in [6, 6.07) is 10.6. The van der Waals surface area contributed by atoms with E-state index in [2.05, 4.69) is 15.4 Å². The van der Waals surface area contributed by atoms with Gasteiger partial charge in [-0.2, -0.15) is 0 Å². The number of nitrogens with one attached hydrogen (secondary N) is 3. The van der Waals surface area contributed by atoms with Crippen LogP contribution in [0.4, 0.5) is 11.4 Å². The van der Waals surface area contributed by atoms with E-state index in [1.54, 1.807) is 24.3 Å². The van der Waals surface area contributed by atoms with Crippen LogP contribution in [-0.2, 0) is 26.0 Å². The predicted octanol–water partition coefficient (Wildman–Crippen LogP) is 1.30. The Morgan fingerprint density at radius 1 is 1.11 bits per heavy atom. The monoisotopic (exact) mass is 387 g/mol. The van der Waals surface area contributed by atoms with Crippen molar-refractivity contribution < 1.29 is 22.8 Å². The number of Topliss-reactive ketones (excluding diaryl/α,β-unsaturated/α-hetero) is 1. The average molecular weight is 387 g/mol. The molecule has 0 saturated carbocycles. The van der Waals surface area contributed by atoms with Crippen molar-refractivity contribution in [3.8, 4) is 0 Å². The van der Waals surface area contributed by atoms with Crippen LogP contribution in [0.3, 0.4) is 0 Å². The maximum absolute atomic E-state index is 12.4. The van der Waals surface area contributed by atoms with Crippen LogP contribution in [0.5, 0.6) is 0 Å². The molecule has 1 aliphatic rings. The molecule has 2 aromatic rings. The van der Waals surface area contributed by atoms with E-state index in [0.717, 1.165) is 0 Å². The first-order valence-electron chi connectivity index (χ1n) is 8.08. The molecule has 0 fully saturated rings. The number of rotatable bonds is 6. The Morgan fingerprint density at radius 2 is 1.81 bits per heavy atom. The summed E-state index contributed by atoms with van der Waals surface area (Å²) in [5, 5.41) is 5.17. The smallest absolute Gasteiger partial charge is 0.241 e. The highest BCUT2D eigenvalue weighted by molar-refractivity contribution is 7.89. The van der Waals surface area contributed by atoms with Gasteiger partial charge in [-0.15, -0.1) is 0 Å². The lowest BCUT2D eigenvalue weighted by Crippen LogP contribution is -2.32. The van der Waals surface area contributed by atoms with Gasteiger partial charge in [0.25, 0.3) is 0 Å². The van der Waals surface area contributed by atoms with E-state index < -0.39 is 22.5 Å². The summed E-state index contributed by atoms with van der Waals surface area (Å²) in [5.41, 5.74) is 2.15. The van der Waals surface area contributed by atoms with E-state index in [4.69, 9.17) is 0 Å². The molecular formula is C18H17N3O5S. The molecule has 2 aromatic carbocycles. The first-order valence-corrected chi connectivity index (χ1v) is 9.56. The van der Waals surface area contributed by atoms with Crippen molar-refractivity contribution in [2.75, 3.05) is 17.2 Å². The van der Waals surface area contributed by atoms with E-state index in [1.807, 2.05) is 0 Å². The van der Waals surface area contributed by atoms with Crippen molar-refractivity contribution >= 4 is 39.0 Å². The quantitative estimate of drug-likeness (QED) is 0.645. The van der Waals surface area contributed by atoms with Gasteiger partial charge in [-0.1, -0.05) is 0 Å². The highest BCUT2D eigenvalue weighted by atomic mass is 32.2. The van der Waals surface area contributed by atoms with Crippen LogP contribution >= 0.6 is 0 Å². The largest absolute Gasteiger partial charge is 0.326 e. The molecule has 0 radical (unpaired) electrons. The maximum atomic E-state index is 12.4. The molecule has 8 nitrogen and oxygen atoms in total. The van der Waals surface area contributed by atoms with Gasteiger partial charge in [-0.3, -0.25) is 14.4 Å². The molecular weight excluding hydrogens is 370 g/mol. The first-order chi connectivity index (χ1) is 12.7. The third kappa shape index (κ3) is 4.39. The van der Waals surface area contributed by atoms with Crippen LogP contribution in [-0.4, -0.2) is 32.6 Å². The predicted molar refractivity (Wildman–Crippen MR) is 99.0 cm³/mol. The fraction of sp³-hybridized carbons (Fsp3) is 0.167. The van der Waals surface area contributed by atoms with Crippen LogP contribution in [0, 0.1) is 0 Å². The lowest BCUT2D eigenvalue weighted by atomic mass is 10.1. The fourth-order valence-corrected chi connectivity index (χ4v) is 3.64. The Morgan fingerprint density at radius 3 is 2.48 bits per heavy atom. The number of fused-ring (bicyclic) bond motifs is 1. The molecule has 1 aliphatic heterocycles. The Balaban J connectivity index is 1.61. The molecule has 0 aromatic heterocycles. The molecule has 3 N–H and O–H groups in total. The molecule has 27 heavy (non-hydrogen) atoms. The summed E-state index contributed by atoms with van der Waals surface area (Å²) in [6.45, 7) is 0.984. The Labute approximate surface area is 156 Å². The van der Waals surface area contributed by atoms with Gasteiger partial charge in [0.15, 0.2) is 5.78 Å². The molecule has 0 spiro atoms. The number of hydrogen-bond acceptors (Lipinski definition) is 5. The summed E-state index contributed by atoms with van der Waals surface area (Å²) in [7, 11) is -3.90. The summed E-state index contributed by atoms with van der Waals surface area (Å²) in [6.07, 6.45) is 0.120. The fourth-order valence-electron chi connectivity index (χ4n) is 2.61. The van der Waals surface area contributed by atoms with E-state index in [-0.39, 0.29) is 23.0 Å². The van der Waals surface area contributed by atoms with Crippen LogP contribution in [0.1, 0.15) is 22.8 Å². The molecule has 2 amide bonds. The molecule has 1 heterocycles. The van der Waals surface area contributed by atoms with Gasteiger partial charge in [0.2, 0.25) is 21.8 Å². The molecule has 9 heteroatoms. The van der Waals surface area contributed by atoms with E-state index in [1.165, 1.54) is 25.1 Å². The second kappa shape index (κ2) is 7.29. The zero-order valence-electron chi connectivity index (χ0n) is 14.4. The molecule has 0 aliphatic carbocycles. The lowest BCUT2D eigenvalue weighted by Gasteiger charge is -2.09. The minimum Gasteiger partial charge on any atom is -0.326 e.